The maximum absolute atomic E-state index is 12.4. The highest BCUT2D eigenvalue weighted by Gasteiger charge is 2.26. The first-order chi connectivity index (χ1) is 12.7. The second kappa shape index (κ2) is 7.41. The predicted molar refractivity (Wildman–Crippen MR) is 100 cm³/mol. The molecule has 3 heterocycles. The van der Waals surface area contributed by atoms with Gasteiger partial charge in [0.2, 0.25) is 0 Å². The highest BCUT2D eigenvalue weighted by atomic mass is 79.9. The minimum Gasteiger partial charge on any atom is -0.460 e. The quantitative estimate of drug-likeness (QED) is 0.609. The molecular weight excluding hydrogens is 398 g/mol. The molecule has 0 amide bonds. The van der Waals surface area contributed by atoms with Crippen LogP contribution in [0.3, 0.4) is 0 Å². The first kappa shape index (κ1) is 17.0. The van der Waals surface area contributed by atoms with Gasteiger partial charge >= 0.3 is 5.97 Å². The number of benzene rings is 1. The fourth-order valence-corrected chi connectivity index (χ4v) is 3.69. The number of carbonyl (C=O) groups excluding carboxylic acids is 1. The normalized spacial score (nSPS) is 17.4. The number of anilines is 1. The summed E-state index contributed by atoms with van der Waals surface area (Å²) in [6, 6.07) is 9.26. The highest BCUT2D eigenvalue weighted by molar-refractivity contribution is 9.10. The number of fused-ring (bicyclic) bond motifs is 1. The summed E-state index contributed by atoms with van der Waals surface area (Å²) in [5.74, 6) is 1.19. The van der Waals surface area contributed by atoms with Crippen molar-refractivity contribution >= 4 is 33.5 Å². The largest absolute Gasteiger partial charge is 0.460 e. The molecule has 2 aromatic heterocycles. The molecule has 134 valence electrons. The zero-order valence-electron chi connectivity index (χ0n) is 14.1. The second-order valence-corrected chi connectivity index (χ2v) is 7.14. The van der Waals surface area contributed by atoms with Crippen molar-refractivity contribution in [2.45, 2.75) is 25.3 Å². The van der Waals surface area contributed by atoms with Crippen LogP contribution in [0.4, 0.5) is 5.82 Å². The fraction of sp³-hybridized carbons (Fsp3) is 0.333. The molecule has 0 saturated carbocycles. The molecular formula is C18H18BrN5O2. The molecule has 0 unspecified atom stereocenters. The van der Waals surface area contributed by atoms with Crippen LogP contribution in [0.5, 0.6) is 0 Å². The van der Waals surface area contributed by atoms with E-state index in [9.17, 15) is 4.79 Å². The third-order valence-electron chi connectivity index (χ3n) is 4.55. The van der Waals surface area contributed by atoms with Crippen molar-refractivity contribution in [3.8, 4) is 0 Å². The topological polar surface area (TPSA) is 72.6 Å². The van der Waals surface area contributed by atoms with E-state index in [1.165, 1.54) is 6.33 Å². The van der Waals surface area contributed by atoms with E-state index in [0.717, 1.165) is 36.1 Å². The standard InChI is InChI=1S/C18H18BrN5O2/c19-14-5-3-4-13(10-14)17(25)26-11-15-6-1-2-9-23(15)16-7-8-20-18-21-12-22-24(16)18/h3-5,7-8,10,12,15H,1-2,6,9,11H2/t15-/m1/s1. The zero-order valence-corrected chi connectivity index (χ0v) is 15.7. The lowest BCUT2D eigenvalue weighted by Gasteiger charge is -2.36. The first-order valence-electron chi connectivity index (χ1n) is 8.56. The zero-order chi connectivity index (χ0) is 17.9. The molecule has 1 aromatic carbocycles. The maximum atomic E-state index is 12.4. The van der Waals surface area contributed by atoms with Gasteiger partial charge in [-0.3, -0.25) is 0 Å². The van der Waals surface area contributed by atoms with Gasteiger partial charge in [0.15, 0.2) is 0 Å². The minimum atomic E-state index is -0.308. The molecule has 0 N–H and O–H groups in total. The molecule has 26 heavy (non-hydrogen) atoms. The lowest BCUT2D eigenvalue weighted by molar-refractivity contribution is 0.0467. The van der Waals surface area contributed by atoms with E-state index in [0.29, 0.717) is 17.9 Å². The molecule has 0 radical (unpaired) electrons. The van der Waals surface area contributed by atoms with Gasteiger partial charge in [0.25, 0.3) is 5.78 Å². The Kier molecular flexibility index (Phi) is 4.83. The SMILES string of the molecule is O=C(OC[C@H]1CCCCN1c1ccnc2ncnn12)c1cccc(Br)c1. The van der Waals surface area contributed by atoms with E-state index in [1.807, 2.05) is 18.2 Å². The van der Waals surface area contributed by atoms with Gasteiger partial charge in [-0.15, -0.1) is 0 Å². The average Bonchev–Trinajstić information content (AvgIpc) is 3.15. The van der Waals surface area contributed by atoms with Crippen LogP contribution in [-0.4, -0.2) is 44.7 Å². The molecule has 1 fully saturated rings. The van der Waals surface area contributed by atoms with Crippen molar-refractivity contribution < 1.29 is 9.53 Å². The Morgan fingerprint density at radius 1 is 1.27 bits per heavy atom. The number of rotatable bonds is 4. The lowest BCUT2D eigenvalue weighted by atomic mass is 10.0. The Morgan fingerprint density at radius 3 is 3.08 bits per heavy atom. The summed E-state index contributed by atoms with van der Waals surface area (Å²) in [7, 11) is 0. The number of carbonyl (C=O) groups is 1. The minimum absolute atomic E-state index is 0.106. The summed E-state index contributed by atoms with van der Waals surface area (Å²) in [5.41, 5.74) is 0.546. The van der Waals surface area contributed by atoms with Crippen molar-refractivity contribution in [3.05, 3.63) is 52.9 Å². The number of nitrogens with zero attached hydrogens (tertiary/aromatic N) is 5. The van der Waals surface area contributed by atoms with Crippen LogP contribution >= 0.6 is 15.9 Å². The summed E-state index contributed by atoms with van der Waals surface area (Å²) < 4.78 is 8.19. The number of ether oxygens (including phenoxy) is 1. The van der Waals surface area contributed by atoms with Gasteiger partial charge < -0.3 is 9.64 Å². The summed E-state index contributed by atoms with van der Waals surface area (Å²) in [5, 5.41) is 4.27. The van der Waals surface area contributed by atoms with Crippen LogP contribution in [0.2, 0.25) is 0 Å². The van der Waals surface area contributed by atoms with Crippen LogP contribution in [0, 0.1) is 0 Å². The number of aromatic nitrogens is 4. The number of hydrogen-bond donors (Lipinski definition) is 0. The van der Waals surface area contributed by atoms with E-state index in [2.05, 4.69) is 35.9 Å². The van der Waals surface area contributed by atoms with Crippen molar-refractivity contribution in [2.24, 2.45) is 0 Å². The van der Waals surface area contributed by atoms with E-state index in [-0.39, 0.29) is 12.0 Å². The second-order valence-electron chi connectivity index (χ2n) is 6.23. The van der Waals surface area contributed by atoms with Crippen LogP contribution < -0.4 is 4.90 Å². The number of hydrogen-bond acceptors (Lipinski definition) is 6. The Bertz CT molecular complexity index is 929. The summed E-state index contributed by atoms with van der Waals surface area (Å²) in [6.45, 7) is 1.22. The Balaban J connectivity index is 1.51. The van der Waals surface area contributed by atoms with E-state index >= 15 is 0 Å². The van der Waals surface area contributed by atoms with Gasteiger partial charge in [0, 0.05) is 17.2 Å². The van der Waals surface area contributed by atoms with Crippen LogP contribution in [0.15, 0.2) is 47.3 Å². The van der Waals surface area contributed by atoms with Gasteiger partial charge in [0.05, 0.1) is 11.6 Å². The molecule has 0 bridgehead atoms. The van der Waals surface area contributed by atoms with Crippen molar-refractivity contribution in [3.63, 3.8) is 0 Å². The molecule has 1 saturated heterocycles. The molecule has 3 aromatic rings. The fourth-order valence-electron chi connectivity index (χ4n) is 3.29. The van der Waals surface area contributed by atoms with Crippen molar-refractivity contribution in [2.75, 3.05) is 18.1 Å². The monoisotopic (exact) mass is 415 g/mol. The summed E-state index contributed by atoms with van der Waals surface area (Å²) >= 11 is 3.38. The van der Waals surface area contributed by atoms with E-state index in [1.54, 1.807) is 22.8 Å². The Hall–Kier alpha value is -2.48. The van der Waals surface area contributed by atoms with Gasteiger partial charge in [-0.2, -0.15) is 14.6 Å². The smallest absolute Gasteiger partial charge is 0.338 e. The Labute approximate surface area is 159 Å². The molecule has 1 atom stereocenters. The number of esters is 1. The van der Waals surface area contributed by atoms with Gasteiger partial charge in [0.1, 0.15) is 18.8 Å². The van der Waals surface area contributed by atoms with E-state index in [4.69, 9.17) is 4.74 Å². The third kappa shape index (κ3) is 3.41. The van der Waals surface area contributed by atoms with Gasteiger partial charge in [-0.25, -0.2) is 9.78 Å². The van der Waals surface area contributed by atoms with Gasteiger partial charge in [-0.05, 0) is 43.5 Å². The Morgan fingerprint density at radius 2 is 2.19 bits per heavy atom. The number of halogens is 1. The molecule has 1 aliphatic heterocycles. The molecule has 4 rings (SSSR count). The molecule has 0 spiro atoms. The first-order valence-corrected chi connectivity index (χ1v) is 9.36. The van der Waals surface area contributed by atoms with Crippen LogP contribution in [0.25, 0.3) is 5.78 Å². The molecule has 8 heteroatoms. The highest BCUT2D eigenvalue weighted by Crippen LogP contribution is 2.25. The third-order valence-corrected chi connectivity index (χ3v) is 5.04. The molecule has 1 aliphatic rings. The maximum Gasteiger partial charge on any atom is 0.338 e. The van der Waals surface area contributed by atoms with Crippen molar-refractivity contribution in [1.82, 2.24) is 19.6 Å². The van der Waals surface area contributed by atoms with Crippen LogP contribution in [-0.2, 0) is 4.74 Å². The van der Waals surface area contributed by atoms with Crippen LogP contribution in [0.1, 0.15) is 29.6 Å². The summed E-state index contributed by atoms with van der Waals surface area (Å²) in [6.07, 6.45) is 6.40. The van der Waals surface area contributed by atoms with Crippen molar-refractivity contribution in [1.29, 1.82) is 0 Å². The van der Waals surface area contributed by atoms with Gasteiger partial charge in [-0.1, -0.05) is 22.0 Å². The van der Waals surface area contributed by atoms with E-state index < -0.39 is 0 Å². The number of piperidine rings is 1. The average molecular weight is 416 g/mol. The lowest BCUT2D eigenvalue weighted by Crippen LogP contribution is -2.44. The summed E-state index contributed by atoms with van der Waals surface area (Å²) in [4.78, 5) is 23.0. The molecule has 0 aliphatic carbocycles. The molecule has 7 nitrogen and oxygen atoms in total. The predicted octanol–water partition coefficient (Wildman–Crippen LogP) is 3.10.